The van der Waals surface area contributed by atoms with Crippen LogP contribution in [-0.4, -0.2) is 0 Å². The maximum Gasteiger partial charge on any atom is 2.00 e. The van der Waals surface area contributed by atoms with Gasteiger partial charge in [-0.05, 0) is 0 Å². The largest absolute Gasteiger partial charge is 2.00 e. The van der Waals surface area contributed by atoms with Crippen molar-refractivity contribution in [1.29, 1.82) is 0 Å². The minimum absolute atomic E-state index is 0. The van der Waals surface area contributed by atoms with E-state index in [0.717, 1.165) is 0 Å². The van der Waals surface area contributed by atoms with Gasteiger partial charge in [0.2, 0.25) is 0 Å². The SMILES string of the molecule is [Cl-].[O-]P([O-])[O-].[O-]P([O-])[O-].[O-]P([O-])[O-].[Zn+2].[Zn+2].[Zn+2].[Zn+2].[Zn+2]. The molecule has 0 fully saturated rings. The van der Waals surface area contributed by atoms with E-state index in [9.17, 15) is 0 Å². The van der Waals surface area contributed by atoms with Gasteiger partial charge in [-0.3, -0.25) is 0 Å². The smallest absolute Gasteiger partial charge is 1.00 e. The summed E-state index contributed by atoms with van der Waals surface area (Å²) in [6, 6.07) is 0. The fraction of sp³-hybridized carbons (Fsp3) is 0. The van der Waals surface area contributed by atoms with Crippen LogP contribution in [-0.2, 0) is 97.4 Å². The molecule has 0 saturated heterocycles. The molecule has 0 unspecified atom stereocenters. The summed E-state index contributed by atoms with van der Waals surface area (Å²) in [6.07, 6.45) is 0. The van der Waals surface area contributed by atoms with Crippen molar-refractivity contribution in [3.63, 3.8) is 0 Å². The van der Waals surface area contributed by atoms with Crippen molar-refractivity contribution in [2.75, 3.05) is 0 Å². The Bertz CT molecular complexity index is 58.7. The summed E-state index contributed by atoms with van der Waals surface area (Å²) in [7, 11) is -10.1. The van der Waals surface area contributed by atoms with Crippen LogP contribution in [0, 0.1) is 0 Å². The molecule has 0 amide bonds. The Morgan fingerprint density at radius 2 is 0.333 bits per heavy atom. The van der Waals surface area contributed by atoms with Gasteiger partial charge in [0, 0.05) is 0 Å². The van der Waals surface area contributed by atoms with Crippen molar-refractivity contribution in [2.24, 2.45) is 0 Å². The predicted octanol–water partition coefficient (Wildman–Crippen LogP) is -11.1. The second kappa shape index (κ2) is 49.6. The number of hydrogen-bond donors (Lipinski definition) is 0. The van der Waals surface area contributed by atoms with Crippen molar-refractivity contribution >= 4 is 25.8 Å². The minimum Gasteiger partial charge on any atom is -1.00 e. The Labute approximate surface area is 177 Å². The van der Waals surface area contributed by atoms with Crippen LogP contribution >= 0.6 is 25.8 Å². The average Bonchev–Trinajstić information content (AvgIpc) is 1.54. The van der Waals surface area contributed by atoms with Crippen LogP contribution in [0.1, 0.15) is 0 Å². The third-order valence-corrected chi connectivity index (χ3v) is 0. The molecule has 18 heteroatoms. The summed E-state index contributed by atoms with van der Waals surface area (Å²) in [5.74, 6) is 0. The Hall–Kier alpha value is 4.34. The summed E-state index contributed by atoms with van der Waals surface area (Å²) in [4.78, 5) is 76.3. The summed E-state index contributed by atoms with van der Waals surface area (Å²) < 4.78 is 0. The molecule has 0 rings (SSSR count). The summed E-state index contributed by atoms with van der Waals surface area (Å²) >= 11 is 0. The van der Waals surface area contributed by atoms with Gasteiger partial charge in [-0.15, -0.1) is 0 Å². The molecule has 0 aliphatic carbocycles. The van der Waals surface area contributed by atoms with E-state index in [0.29, 0.717) is 0 Å². The third-order valence-electron chi connectivity index (χ3n) is 0. The van der Waals surface area contributed by atoms with Crippen molar-refractivity contribution in [1.82, 2.24) is 0 Å². The van der Waals surface area contributed by atoms with Crippen LogP contribution in [0.2, 0.25) is 0 Å². The molecule has 0 aromatic heterocycles. The van der Waals surface area contributed by atoms with E-state index in [2.05, 4.69) is 0 Å². The fourth-order valence-corrected chi connectivity index (χ4v) is 0. The Balaban J connectivity index is -0.00000000827. The maximum absolute atomic E-state index is 8.48. The van der Waals surface area contributed by atoms with Crippen molar-refractivity contribution < 1.29 is 154 Å². The zero-order chi connectivity index (χ0) is 10.7. The van der Waals surface area contributed by atoms with Gasteiger partial charge in [0.1, 0.15) is 0 Å². The molecule has 18 heavy (non-hydrogen) atoms. The van der Waals surface area contributed by atoms with Crippen LogP contribution in [0.25, 0.3) is 0 Å². The van der Waals surface area contributed by atoms with Crippen LogP contribution < -0.4 is 56.4 Å². The van der Waals surface area contributed by atoms with Crippen molar-refractivity contribution in [3.8, 4) is 0 Å². The van der Waals surface area contributed by atoms with Crippen LogP contribution in [0.5, 0.6) is 0 Å². The molecule has 0 bridgehead atoms. The maximum atomic E-state index is 8.48. The predicted molar refractivity (Wildman–Crippen MR) is 20.8 cm³/mol. The van der Waals surface area contributed by atoms with E-state index >= 15 is 0 Å². The molecule has 0 aromatic rings. The first kappa shape index (κ1) is 57.2. The second-order valence-electron chi connectivity index (χ2n) is 0.671. The molecule has 0 N–H and O–H groups in total. The first-order valence-electron chi connectivity index (χ1n) is 1.64. The summed E-state index contributed by atoms with van der Waals surface area (Å²) in [5, 5.41) is 0. The zero-order valence-electron chi connectivity index (χ0n) is 8.93. The first-order valence-corrected chi connectivity index (χ1v) is 4.93. The summed E-state index contributed by atoms with van der Waals surface area (Å²) in [5.41, 5.74) is 0. The average molecular weight is 599 g/mol. The quantitative estimate of drug-likeness (QED) is 0.191. The van der Waals surface area contributed by atoms with Gasteiger partial charge < -0.3 is 82.3 Å². The molecule has 0 spiro atoms. The van der Waals surface area contributed by atoms with Gasteiger partial charge in [0.05, 0.1) is 0 Å². The van der Waals surface area contributed by atoms with Gasteiger partial charge in [-0.25, -0.2) is 0 Å². The molecule has 0 aliphatic rings. The fourth-order valence-electron chi connectivity index (χ4n) is 0. The molecular formula is ClO9P3Zn5. The van der Waals surface area contributed by atoms with Crippen LogP contribution in [0.15, 0.2) is 0 Å². The van der Waals surface area contributed by atoms with Gasteiger partial charge in [0.15, 0.2) is 0 Å². The van der Waals surface area contributed by atoms with E-state index in [1.165, 1.54) is 0 Å². The van der Waals surface area contributed by atoms with Gasteiger partial charge in [-0.2, -0.15) is 0 Å². The van der Waals surface area contributed by atoms with Crippen molar-refractivity contribution in [2.45, 2.75) is 0 Å². The van der Waals surface area contributed by atoms with E-state index in [1.807, 2.05) is 0 Å². The van der Waals surface area contributed by atoms with E-state index in [-0.39, 0.29) is 110 Å². The zero-order valence-corrected chi connectivity index (χ0v) is 27.2. The van der Waals surface area contributed by atoms with Gasteiger partial charge in [-0.1, -0.05) is 0 Å². The molecule has 86 valence electrons. The molecule has 0 radical (unpaired) electrons. The van der Waals surface area contributed by atoms with Crippen LogP contribution in [0.3, 0.4) is 0 Å². The van der Waals surface area contributed by atoms with E-state index < -0.39 is 25.8 Å². The second-order valence-corrected chi connectivity index (χ2v) is 2.01. The molecule has 0 heterocycles. The standard InChI is InChI=1S/ClH.3O3P.5Zn/c;3*1-4(2)3;;;;;/h1H;;;;;;;;/q;3*-3;5*+2/p-1. The van der Waals surface area contributed by atoms with E-state index in [1.54, 1.807) is 0 Å². The third kappa shape index (κ3) is 404. The number of rotatable bonds is 0. The molecular weight excluding hydrogens is 599 g/mol. The van der Waals surface area contributed by atoms with E-state index in [4.69, 9.17) is 44.0 Å². The molecule has 0 aromatic carbocycles. The molecule has 0 aliphatic heterocycles. The molecule has 0 saturated carbocycles. The Morgan fingerprint density at radius 1 is 0.333 bits per heavy atom. The normalized spacial score (nSPS) is 6.00. The Kier molecular flexibility index (Phi) is 158. The Morgan fingerprint density at radius 3 is 0.333 bits per heavy atom. The number of halogens is 1. The topological polar surface area (TPSA) is 208 Å². The van der Waals surface area contributed by atoms with Crippen LogP contribution in [0.4, 0.5) is 0 Å². The monoisotopic (exact) mass is 591 g/mol. The number of hydrogen-bond acceptors (Lipinski definition) is 9. The van der Waals surface area contributed by atoms with Gasteiger partial charge >= 0.3 is 97.4 Å². The summed E-state index contributed by atoms with van der Waals surface area (Å²) in [6.45, 7) is 0. The van der Waals surface area contributed by atoms with Crippen molar-refractivity contribution in [3.05, 3.63) is 0 Å². The molecule has 9 nitrogen and oxygen atoms in total. The minimum atomic E-state index is -3.37. The molecule has 0 atom stereocenters. The first-order chi connectivity index (χ1) is 5.20. The van der Waals surface area contributed by atoms with Gasteiger partial charge in [0.25, 0.3) is 0 Å².